The molecule has 1 aromatic carbocycles. The predicted octanol–water partition coefficient (Wildman–Crippen LogP) is 1.99. The Hall–Kier alpha value is -0.970. The van der Waals surface area contributed by atoms with Gasteiger partial charge in [-0.2, -0.15) is 0 Å². The standard InChI is InChI=1S/C13H16FNO2/c14-11-4-2-1-3-10(11)12-16-9-13(17-12)5-7-15-8-6-13/h1-4,12,15H,5-9H2. The van der Waals surface area contributed by atoms with Gasteiger partial charge in [0, 0.05) is 5.56 Å². The van der Waals surface area contributed by atoms with Crippen LogP contribution in [0.3, 0.4) is 0 Å². The van der Waals surface area contributed by atoms with Gasteiger partial charge in [0.15, 0.2) is 6.29 Å². The molecule has 0 radical (unpaired) electrons. The zero-order valence-electron chi connectivity index (χ0n) is 9.62. The quantitative estimate of drug-likeness (QED) is 0.810. The van der Waals surface area contributed by atoms with Crippen LogP contribution in [0.25, 0.3) is 0 Å². The molecule has 4 heteroatoms. The van der Waals surface area contributed by atoms with Gasteiger partial charge in [0.2, 0.25) is 0 Å². The highest BCUT2D eigenvalue weighted by Crippen LogP contribution is 2.39. The molecule has 0 aromatic heterocycles. The molecule has 0 amide bonds. The lowest BCUT2D eigenvalue weighted by Crippen LogP contribution is -2.43. The molecule has 1 atom stereocenters. The first kappa shape index (κ1) is 11.1. The first-order chi connectivity index (χ1) is 8.29. The Morgan fingerprint density at radius 1 is 1.24 bits per heavy atom. The summed E-state index contributed by atoms with van der Waals surface area (Å²) in [5.41, 5.74) is 0.293. The zero-order chi connectivity index (χ0) is 11.7. The zero-order valence-corrected chi connectivity index (χ0v) is 9.62. The van der Waals surface area contributed by atoms with Crippen molar-refractivity contribution in [3.63, 3.8) is 0 Å². The molecule has 0 saturated carbocycles. The van der Waals surface area contributed by atoms with Gasteiger partial charge in [-0.25, -0.2) is 4.39 Å². The molecule has 1 aromatic rings. The van der Waals surface area contributed by atoms with Crippen LogP contribution in [0.5, 0.6) is 0 Å². The molecular weight excluding hydrogens is 221 g/mol. The van der Waals surface area contributed by atoms with E-state index in [1.165, 1.54) is 6.07 Å². The second-order valence-corrected chi connectivity index (χ2v) is 4.72. The topological polar surface area (TPSA) is 30.5 Å². The molecule has 0 bridgehead atoms. The first-order valence-corrected chi connectivity index (χ1v) is 6.04. The van der Waals surface area contributed by atoms with Crippen LogP contribution in [0, 0.1) is 5.82 Å². The van der Waals surface area contributed by atoms with Crippen LogP contribution in [-0.2, 0) is 9.47 Å². The molecule has 1 unspecified atom stereocenters. The molecule has 92 valence electrons. The largest absolute Gasteiger partial charge is 0.345 e. The molecule has 2 fully saturated rings. The monoisotopic (exact) mass is 237 g/mol. The average Bonchev–Trinajstić information content (AvgIpc) is 2.74. The van der Waals surface area contributed by atoms with Gasteiger partial charge in [-0.05, 0) is 32.0 Å². The maximum absolute atomic E-state index is 13.6. The molecule has 2 aliphatic rings. The number of piperidine rings is 1. The lowest BCUT2D eigenvalue weighted by Gasteiger charge is -2.31. The highest BCUT2D eigenvalue weighted by atomic mass is 19.1. The number of hydrogen-bond donors (Lipinski definition) is 1. The fourth-order valence-corrected chi connectivity index (χ4v) is 2.49. The third kappa shape index (κ3) is 2.08. The molecule has 2 heterocycles. The summed E-state index contributed by atoms with van der Waals surface area (Å²) >= 11 is 0. The van der Waals surface area contributed by atoms with Gasteiger partial charge in [0.25, 0.3) is 0 Å². The Kier molecular flexibility index (Phi) is 2.86. The minimum atomic E-state index is -0.547. The third-order valence-electron chi connectivity index (χ3n) is 3.53. The van der Waals surface area contributed by atoms with Crippen molar-refractivity contribution in [3.8, 4) is 0 Å². The van der Waals surface area contributed by atoms with Crippen molar-refractivity contribution >= 4 is 0 Å². The van der Waals surface area contributed by atoms with Gasteiger partial charge in [0.05, 0.1) is 12.2 Å². The van der Waals surface area contributed by atoms with E-state index in [1.807, 2.05) is 0 Å². The molecule has 3 nitrogen and oxygen atoms in total. The molecule has 3 rings (SSSR count). The van der Waals surface area contributed by atoms with Crippen LogP contribution in [0.4, 0.5) is 4.39 Å². The van der Waals surface area contributed by atoms with E-state index in [0.717, 1.165) is 25.9 Å². The Morgan fingerprint density at radius 2 is 2.00 bits per heavy atom. The highest BCUT2D eigenvalue weighted by molar-refractivity contribution is 5.19. The summed E-state index contributed by atoms with van der Waals surface area (Å²) < 4.78 is 25.2. The fourth-order valence-electron chi connectivity index (χ4n) is 2.49. The summed E-state index contributed by atoms with van der Waals surface area (Å²) in [5.74, 6) is -0.261. The number of nitrogens with one attached hydrogen (secondary N) is 1. The van der Waals surface area contributed by atoms with Gasteiger partial charge >= 0.3 is 0 Å². The summed E-state index contributed by atoms with van der Waals surface area (Å²) in [5, 5.41) is 3.29. The first-order valence-electron chi connectivity index (χ1n) is 6.04. The fraction of sp³-hybridized carbons (Fsp3) is 0.538. The van der Waals surface area contributed by atoms with Crippen LogP contribution >= 0.6 is 0 Å². The third-order valence-corrected chi connectivity index (χ3v) is 3.53. The smallest absolute Gasteiger partial charge is 0.187 e. The van der Waals surface area contributed by atoms with Crippen molar-refractivity contribution < 1.29 is 13.9 Å². The molecule has 0 aliphatic carbocycles. The Balaban J connectivity index is 1.77. The van der Waals surface area contributed by atoms with E-state index in [0.29, 0.717) is 12.2 Å². The van der Waals surface area contributed by atoms with E-state index in [9.17, 15) is 4.39 Å². The van der Waals surface area contributed by atoms with Gasteiger partial charge in [-0.3, -0.25) is 0 Å². The van der Waals surface area contributed by atoms with Crippen molar-refractivity contribution in [1.82, 2.24) is 5.32 Å². The van der Waals surface area contributed by atoms with E-state index in [4.69, 9.17) is 9.47 Å². The average molecular weight is 237 g/mol. The van der Waals surface area contributed by atoms with Gasteiger partial charge in [0.1, 0.15) is 5.82 Å². The van der Waals surface area contributed by atoms with Crippen molar-refractivity contribution in [1.29, 1.82) is 0 Å². The number of ether oxygens (including phenoxy) is 2. The maximum Gasteiger partial charge on any atom is 0.187 e. The van der Waals surface area contributed by atoms with Crippen molar-refractivity contribution in [2.24, 2.45) is 0 Å². The minimum absolute atomic E-state index is 0.210. The van der Waals surface area contributed by atoms with Crippen LogP contribution in [0.15, 0.2) is 24.3 Å². The lowest BCUT2D eigenvalue weighted by molar-refractivity contribution is -0.102. The van der Waals surface area contributed by atoms with E-state index < -0.39 is 6.29 Å². The second-order valence-electron chi connectivity index (χ2n) is 4.72. The Bertz CT molecular complexity index is 404. The normalized spacial score (nSPS) is 27.5. The van der Waals surface area contributed by atoms with Crippen LogP contribution < -0.4 is 5.32 Å². The van der Waals surface area contributed by atoms with Crippen LogP contribution in [-0.4, -0.2) is 25.3 Å². The Morgan fingerprint density at radius 3 is 2.76 bits per heavy atom. The predicted molar refractivity (Wildman–Crippen MR) is 61.0 cm³/mol. The van der Waals surface area contributed by atoms with Gasteiger partial charge in [-0.15, -0.1) is 0 Å². The van der Waals surface area contributed by atoms with Crippen molar-refractivity contribution in [3.05, 3.63) is 35.6 Å². The molecule has 1 N–H and O–H groups in total. The number of hydrogen-bond acceptors (Lipinski definition) is 3. The molecule has 17 heavy (non-hydrogen) atoms. The molecular formula is C13H16FNO2. The van der Waals surface area contributed by atoms with Gasteiger partial charge < -0.3 is 14.8 Å². The van der Waals surface area contributed by atoms with Gasteiger partial charge in [-0.1, -0.05) is 18.2 Å². The number of benzene rings is 1. The SMILES string of the molecule is Fc1ccccc1C1OCC2(CCNCC2)O1. The summed E-state index contributed by atoms with van der Waals surface area (Å²) in [7, 11) is 0. The second kappa shape index (κ2) is 4.37. The molecule has 2 aliphatic heterocycles. The van der Waals surface area contributed by atoms with Crippen molar-refractivity contribution in [2.75, 3.05) is 19.7 Å². The van der Waals surface area contributed by atoms with E-state index >= 15 is 0 Å². The molecule has 1 spiro atoms. The molecule has 2 saturated heterocycles. The minimum Gasteiger partial charge on any atom is -0.345 e. The highest BCUT2D eigenvalue weighted by Gasteiger charge is 2.43. The van der Waals surface area contributed by atoms with Crippen LogP contribution in [0.2, 0.25) is 0 Å². The summed E-state index contributed by atoms with van der Waals surface area (Å²) in [4.78, 5) is 0. The number of rotatable bonds is 1. The maximum atomic E-state index is 13.6. The summed E-state index contributed by atoms with van der Waals surface area (Å²) in [6.07, 6.45) is 1.31. The Labute approximate surface area is 99.9 Å². The van der Waals surface area contributed by atoms with E-state index in [1.54, 1.807) is 18.2 Å². The van der Waals surface area contributed by atoms with Crippen molar-refractivity contribution in [2.45, 2.75) is 24.7 Å². The summed E-state index contributed by atoms with van der Waals surface area (Å²) in [6.45, 7) is 2.44. The number of halogens is 1. The summed E-state index contributed by atoms with van der Waals surface area (Å²) in [6, 6.07) is 6.64. The van der Waals surface area contributed by atoms with Crippen LogP contribution in [0.1, 0.15) is 24.7 Å². The lowest BCUT2D eigenvalue weighted by atomic mass is 9.94. The van der Waals surface area contributed by atoms with E-state index in [-0.39, 0.29) is 11.4 Å². The van der Waals surface area contributed by atoms with E-state index in [2.05, 4.69) is 5.32 Å².